The second-order valence-electron chi connectivity index (χ2n) is 4.99. The summed E-state index contributed by atoms with van der Waals surface area (Å²) >= 11 is 0. The zero-order valence-electron chi connectivity index (χ0n) is 11.3. The number of ether oxygens (including phenoxy) is 1. The fourth-order valence-electron chi connectivity index (χ4n) is 2.16. The van der Waals surface area contributed by atoms with E-state index in [9.17, 15) is 0 Å². The van der Waals surface area contributed by atoms with Gasteiger partial charge in [0.15, 0.2) is 0 Å². The van der Waals surface area contributed by atoms with Crippen LogP contribution in [-0.4, -0.2) is 16.7 Å². The number of rotatable bonds is 5. The Bertz CT molecular complexity index is 531. The van der Waals surface area contributed by atoms with Gasteiger partial charge in [0, 0.05) is 20.2 Å². The Hall–Kier alpha value is -1.39. The first-order chi connectivity index (χ1) is 8.65. The van der Waals surface area contributed by atoms with Gasteiger partial charge >= 0.3 is 0 Å². The van der Waals surface area contributed by atoms with E-state index in [4.69, 9.17) is 10.5 Å². The summed E-state index contributed by atoms with van der Waals surface area (Å²) in [6, 6.07) is 6.23. The van der Waals surface area contributed by atoms with Gasteiger partial charge in [-0.05, 0) is 23.6 Å². The molecule has 98 valence electrons. The average Bonchev–Trinajstić information content (AvgIpc) is 2.66. The first-order valence-corrected chi connectivity index (χ1v) is 6.32. The number of nitrogens with zero attached hydrogens (tertiary/aromatic N) is 2. The molecule has 0 saturated carbocycles. The van der Waals surface area contributed by atoms with Crippen LogP contribution in [0.15, 0.2) is 18.2 Å². The summed E-state index contributed by atoms with van der Waals surface area (Å²) in [5, 5.41) is 0. The summed E-state index contributed by atoms with van der Waals surface area (Å²) < 4.78 is 7.47. The molecule has 1 heterocycles. The van der Waals surface area contributed by atoms with E-state index >= 15 is 0 Å². The van der Waals surface area contributed by atoms with Crippen LogP contribution in [0.25, 0.3) is 11.0 Å². The molecule has 0 unspecified atom stereocenters. The minimum atomic E-state index is 0.541. The van der Waals surface area contributed by atoms with E-state index in [0.717, 1.165) is 29.0 Å². The molecule has 2 N–H and O–H groups in total. The molecule has 0 saturated heterocycles. The second kappa shape index (κ2) is 5.50. The number of methoxy groups -OCH3 is 1. The summed E-state index contributed by atoms with van der Waals surface area (Å²) in [5.41, 5.74) is 8.94. The van der Waals surface area contributed by atoms with Gasteiger partial charge in [-0.25, -0.2) is 4.98 Å². The van der Waals surface area contributed by atoms with Gasteiger partial charge in [0.05, 0.1) is 11.0 Å². The topological polar surface area (TPSA) is 53.1 Å². The van der Waals surface area contributed by atoms with Gasteiger partial charge in [-0.15, -0.1) is 0 Å². The fourth-order valence-corrected chi connectivity index (χ4v) is 2.16. The van der Waals surface area contributed by atoms with Crippen molar-refractivity contribution in [2.24, 2.45) is 11.7 Å². The first-order valence-electron chi connectivity index (χ1n) is 6.32. The third-order valence-electron chi connectivity index (χ3n) is 2.95. The van der Waals surface area contributed by atoms with Crippen molar-refractivity contribution in [1.29, 1.82) is 0 Å². The normalized spacial score (nSPS) is 11.6. The van der Waals surface area contributed by atoms with Crippen molar-refractivity contribution in [3.8, 4) is 0 Å². The van der Waals surface area contributed by atoms with Crippen LogP contribution in [0.4, 0.5) is 0 Å². The van der Waals surface area contributed by atoms with E-state index in [1.807, 2.05) is 0 Å². The highest BCUT2D eigenvalue weighted by molar-refractivity contribution is 5.77. The van der Waals surface area contributed by atoms with Crippen molar-refractivity contribution in [3.63, 3.8) is 0 Å². The summed E-state index contributed by atoms with van der Waals surface area (Å²) in [7, 11) is 1.70. The van der Waals surface area contributed by atoms with Crippen LogP contribution < -0.4 is 5.73 Å². The number of aromatic nitrogens is 2. The summed E-state index contributed by atoms with van der Waals surface area (Å²) in [6.07, 6.45) is 0. The van der Waals surface area contributed by atoms with Crippen LogP contribution in [0.2, 0.25) is 0 Å². The molecule has 0 atom stereocenters. The Morgan fingerprint density at radius 1 is 1.39 bits per heavy atom. The molecule has 18 heavy (non-hydrogen) atoms. The number of fused-ring (bicyclic) bond motifs is 1. The second-order valence-corrected chi connectivity index (χ2v) is 4.99. The van der Waals surface area contributed by atoms with Gasteiger partial charge in [-0.2, -0.15) is 0 Å². The van der Waals surface area contributed by atoms with Crippen LogP contribution in [0.3, 0.4) is 0 Å². The van der Waals surface area contributed by atoms with E-state index in [-0.39, 0.29) is 0 Å². The van der Waals surface area contributed by atoms with Crippen molar-refractivity contribution < 1.29 is 4.74 Å². The van der Waals surface area contributed by atoms with Gasteiger partial charge < -0.3 is 15.0 Å². The Kier molecular flexibility index (Phi) is 3.99. The van der Waals surface area contributed by atoms with E-state index in [1.54, 1.807) is 7.11 Å². The highest BCUT2D eigenvalue weighted by Gasteiger charge is 2.11. The van der Waals surface area contributed by atoms with Gasteiger partial charge in [-0.1, -0.05) is 19.9 Å². The van der Waals surface area contributed by atoms with Crippen LogP contribution in [0.5, 0.6) is 0 Å². The van der Waals surface area contributed by atoms with Crippen LogP contribution >= 0.6 is 0 Å². The lowest BCUT2D eigenvalue weighted by Crippen LogP contribution is -2.09. The van der Waals surface area contributed by atoms with Crippen molar-refractivity contribution in [1.82, 2.24) is 9.55 Å². The third kappa shape index (κ3) is 2.54. The first kappa shape index (κ1) is 13.1. The fraction of sp³-hybridized carbons (Fsp3) is 0.500. The molecule has 0 amide bonds. The van der Waals surface area contributed by atoms with Crippen molar-refractivity contribution in [2.45, 2.75) is 33.5 Å². The van der Waals surface area contributed by atoms with E-state index in [1.165, 1.54) is 0 Å². The van der Waals surface area contributed by atoms with E-state index in [2.05, 4.69) is 41.6 Å². The molecular formula is C14H21N3O. The molecule has 0 spiro atoms. The Labute approximate surface area is 108 Å². The van der Waals surface area contributed by atoms with E-state index < -0.39 is 0 Å². The van der Waals surface area contributed by atoms with Crippen molar-refractivity contribution >= 4 is 11.0 Å². The maximum absolute atomic E-state index is 5.67. The zero-order valence-corrected chi connectivity index (χ0v) is 11.3. The smallest absolute Gasteiger partial charge is 0.135 e. The average molecular weight is 247 g/mol. The molecular weight excluding hydrogens is 226 g/mol. The molecule has 2 rings (SSSR count). The Morgan fingerprint density at radius 2 is 2.17 bits per heavy atom. The predicted molar refractivity (Wildman–Crippen MR) is 73.2 cm³/mol. The van der Waals surface area contributed by atoms with Gasteiger partial charge in [0.1, 0.15) is 12.4 Å². The maximum atomic E-state index is 5.67. The molecule has 0 radical (unpaired) electrons. The maximum Gasteiger partial charge on any atom is 0.135 e. The highest BCUT2D eigenvalue weighted by atomic mass is 16.5. The standard InChI is InChI=1S/C14H21N3O/c1-10(2)8-17-13-5-4-11(7-15)6-12(13)16-14(17)9-18-3/h4-6,10H,7-9,15H2,1-3H3. The van der Waals surface area contributed by atoms with Crippen molar-refractivity contribution in [3.05, 3.63) is 29.6 Å². The molecule has 0 aliphatic carbocycles. The van der Waals surface area contributed by atoms with E-state index in [0.29, 0.717) is 19.1 Å². The lowest BCUT2D eigenvalue weighted by Gasteiger charge is -2.11. The zero-order chi connectivity index (χ0) is 13.1. The Morgan fingerprint density at radius 3 is 2.78 bits per heavy atom. The minimum Gasteiger partial charge on any atom is -0.377 e. The molecule has 0 fully saturated rings. The van der Waals surface area contributed by atoms with Gasteiger partial charge in [0.25, 0.3) is 0 Å². The van der Waals surface area contributed by atoms with Gasteiger partial charge in [-0.3, -0.25) is 0 Å². The molecule has 2 aromatic rings. The van der Waals surface area contributed by atoms with Crippen LogP contribution in [-0.2, 0) is 24.4 Å². The number of hydrogen-bond donors (Lipinski definition) is 1. The molecule has 4 heteroatoms. The number of benzene rings is 1. The van der Waals surface area contributed by atoms with Crippen LogP contribution in [0, 0.1) is 5.92 Å². The lowest BCUT2D eigenvalue weighted by atomic mass is 10.2. The summed E-state index contributed by atoms with van der Waals surface area (Å²) in [5.74, 6) is 1.56. The van der Waals surface area contributed by atoms with Crippen molar-refractivity contribution in [2.75, 3.05) is 7.11 Å². The number of imidazole rings is 1. The molecule has 1 aromatic carbocycles. The highest BCUT2D eigenvalue weighted by Crippen LogP contribution is 2.20. The SMILES string of the molecule is COCc1nc2cc(CN)ccc2n1CC(C)C. The number of nitrogens with two attached hydrogens (primary N) is 1. The summed E-state index contributed by atoms with van der Waals surface area (Å²) in [6.45, 7) is 6.45. The molecule has 4 nitrogen and oxygen atoms in total. The quantitative estimate of drug-likeness (QED) is 0.882. The largest absolute Gasteiger partial charge is 0.377 e. The molecule has 0 aliphatic rings. The lowest BCUT2D eigenvalue weighted by molar-refractivity contribution is 0.174. The minimum absolute atomic E-state index is 0.541. The molecule has 1 aromatic heterocycles. The molecule has 0 aliphatic heterocycles. The van der Waals surface area contributed by atoms with Crippen LogP contribution in [0.1, 0.15) is 25.2 Å². The van der Waals surface area contributed by atoms with Gasteiger partial charge in [0.2, 0.25) is 0 Å². The predicted octanol–water partition coefficient (Wildman–Crippen LogP) is 2.30. The summed E-state index contributed by atoms with van der Waals surface area (Å²) in [4.78, 5) is 4.65. The monoisotopic (exact) mass is 247 g/mol. The third-order valence-corrected chi connectivity index (χ3v) is 2.95. The molecule has 0 bridgehead atoms. The number of hydrogen-bond acceptors (Lipinski definition) is 3. The Balaban J connectivity index is 2.52.